The highest BCUT2D eigenvalue weighted by Gasteiger charge is 2.26. The number of nitrogens with zero attached hydrogens (tertiary/aromatic N) is 1. The first-order valence-corrected chi connectivity index (χ1v) is 6.81. The lowest BCUT2D eigenvalue weighted by Crippen LogP contribution is -2.13. The normalized spacial score (nSPS) is 15.5. The highest BCUT2D eigenvalue weighted by molar-refractivity contribution is 7.99. The van der Waals surface area contributed by atoms with Gasteiger partial charge in [-0.25, -0.2) is 4.98 Å². The third-order valence-electron chi connectivity index (χ3n) is 2.04. The molecular weight excluding hydrogens is 216 g/mol. The van der Waals surface area contributed by atoms with Gasteiger partial charge in [-0.15, -0.1) is 11.3 Å². The second-order valence-corrected chi connectivity index (χ2v) is 5.06. The Morgan fingerprint density at radius 3 is 3.21 bits per heavy atom. The number of nitrogens with one attached hydrogen (secondary N) is 1. The minimum atomic E-state index is 0.0363. The summed E-state index contributed by atoms with van der Waals surface area (Å²) in [7, 11) is 0. The minimum Gasteiger partial charge on any atom is -0.301 e. The molecule has 0 aliphatic heterocycles. The molecule has 1 fully saturated rings. The van der Waals surface area contributed by atoms with E-state index >= 15 is 0 Å². The number of thioether (sulfide) groups is 1. The van der Waals surface area contributed by atoms with Crippen LogP contribution in [-0.2, 0) is 4.79 Å². The maximum Gasteiger partial charge on any atom is 0.236 e. The summed E-state index contributed by atoms with van der Waals surface area (Å²) in [6, 6.07) is 0. The van der Waals surface area contributed by atoms with E-state index in [0.717, 1.165) is 10.8 Å². The molecular formula is C9H12N2OS2. The quantitative estimate of drug-likeness (QED) is 0.860. The van der Waals surface area contributed by atoms with E-state index in [4.69, 9.17) is 0 Å². The maximum atomic E-state index is 11.2. The van der Waals surface area contributed by atoms with Crippen molar-refractivity contribution in [2.24, 2.45) is 0 Å². The Kier molecular flexibility index (Phi) is 3.08. The summed E-state index contributed by atoms with van der Waals surface area (Å²) in [5, 5.41) is 5.58. The minimum absolute atomic E-state index is 0.0363. The second-order valence-electron chi connectivity index (χ2n) is 3.33. The summed E-state index contributed by atoms with van der Waals surface area (Å²) in [4.78, 5) is 15.6. The van der Waals surface area contributed by atoms with E-state index in [-0.39, 0.29) is 5.91 Å². The number of anilines is 1. The second kappa shape index (κ2) is 4.31. The van der Waals surface area contributed by atoms with Crippen molar-refractivity contribution < 1.29 is 4.79 Å². The molecule has 1 heterocycles. The molecule has 1 N–H and O–H groups in total. The van der Waals surface area contributed by atoms with E-state index < -0.39 is 0 Å². The van der Waals surface area contributed by atoms with Crippen molar-refractivity contribution in [1.82, 2.24) is 4.98 Å². The van der Waals surface area contributed by atoms with Crippen LogP contribution in [-0.4, -0.2) is 22.9 Å². The molecule has 76 valence electrons. The number of carbonyl (C=O) groups is 1. The molecule has 0 saturated heterocycles. The number of rotatable bonds is 4. The number of thiazole rings is 1. The Hall–Kier alpha value is -0.550. The lowest BCUT2D eigenvalue weighted by atomic mass is 10.3. The fourth-order valence-corrected chi connectivity index (χ4v) is 2.34. The molecule has 0 radical (unpaired) electrons. The fourth-order valence-electron chi connectivity index (χ4n) is 1.20. The Morgan fingerprint density at radius 2 is 2.57 bits per heavy atom. The van der Waals surface area contributed by atoms with Gasteiger partial charge in [-0.1, -0.05) is 0 Å². The summed E-state index contributed by atoms with van der Waals surface area (Å²) in [6.45, 7) is 0. The first kappa shape index (κ1) is 9.98. The molecule has 3 nitrogen and oxygen atoms in total. The molecule has 2 rings (SSSR count). The van der Waals surface area contributed by atoms with E-state index in [1.165, 1.54) is 35.9 Å². The molecule has 0 aromatic carbocycles. The zero-order valence-electron chi connectivity index (χ0n) is 7.95. The van der Waals surface area contributed by atoms with Crippen LogP contribution in [0, 0.1) is 0 Å². The zero-order chi connectivity index (χ0) is 9.97. The summed E-state index contributed by atoms with van der Waals surface area (Å²) in [5.74, 6) is 1.20. The molecule has 1 aromatic heterocycles. The highest BCUT2D eigenvalue weighted by atomic mass is 32.2. The Labute approximate surface area is 91.3 Å². The predicted molar refractivity (Wildman–Crippen MR) is 61.1 cm³/mol. The summed E-state index contributed by atoms with van der Waals surface area (Å²) in [5.41, 5.74) is 1.15. The third-order valence-corrected chi connectivity index (χ3v) is 3.37. The first-order valence-electron chi connectivity index (χ1n) is 4.54. The summed E-state index contributed by atoms with van der Waals surface area (Å²) < 4.78 is 0. The lowest BCUT2D eigenvalue weighted by Gasteiger charge is -1.97. The maximum absolute atomic E-state index is 11.2. The van der Waals surface area contributed by atoms with Crippen LogP contribution in [0.2, 0.25) is 0 Å². The SMILES string of the molecule is CSCC(=O)Nc1nc(C2CC2)cs1. The van der Waals surface area contributed by atoms with Crippen LogP contribution in [0.3, 0.4) is 0 Å². The third kappa shape index (κ3) is 2.48. The van der Waals surface area contributed by atoms with Crippen molar-refractivity contribution in [2.45, 2.75) is 18.8 Å². The van der Waals surface area contributed by atoms with E-state index in [9.17, 15) is 4.79 Å². The van der Waals surface area contributed by atoms with E-state index in [0.29, 0.717) is 11.7 Å². The summed E-state index contributed by atoms with van der Waals surface area (Å²) >= 11 is 3.04. The van der Waals surface area contributed by atoms with Crippen molar-refractivity contribution in [3.8, 4) is 0 Å². The number of hydrogen-bond acceptors (Lipinski definition) is 4. The van der Waals surface area contributed by atoms with Crippen LogP contribution in [0.4, 0.5) is 5.13 Å². The topological polar surface area (TPSA) is 42.0 Å². The van der Waals surface area contributed by atoms with Crippen LogP contribution in [0.25, 0.3) is 0 Å². The van der Waals surface area contributed by atoms with Gasteiger partial charge in [0.2, 0.25) is 5.91 Å². The van der Waals surface area contributed by atoms with Crippen LogP contribution in [0.5, 0.6) is 0 Å². The van der Waals surface area contributed by atoms with Gasteiger partial charge >= 0.3 is 0 Å². The van der Waals surface area contributed by atoms with Gasteiger partial charge in [-0.2, -0.15) is 11.8 Å². The van der Waals surface area contributed by atoms with Crippen molar-refractivity contribution >= 4 is 34.1 Å². The molecule has 0 atom stereocenters. The van der Waals surface area contributed by atoms with Crippen molar-refractivity contribution in [3.05, 3.63) is 11.1 Å². The smallest absolute Gasteiger partial charge is 0.236 e. The Morgan fingerprint density at radius 1 is 1.79 bits per heavy atom. The Balaban J connectivity index is 1.92. The molecule has 0 bridgehead atoms. The lowest BCUT2D eigenvalue weighted by molar-refractivity contribution is -0.113. The molecule has 1 saturated carbocycles. The van der Waals surface area contributed by atoms with Gasteiger partial charge in [-0.3, -0.25) is 4.79 Å². The van der Waals surface area contributed by atoms with Crippen molar-refractivity contribution in [1.29, 1.82) is 0 Å². The highest BCUT2D eigenvalue weighted by Crippen LogP contribution is 2.40. The zero-order valence-corrected chi connectivity index (χ0v) is 9.58. The monoisotopic (exact) mass is 228 g/mol. The molecule has 1 aliphatic carbocycles. The molecule has 1 amide bonds. The van der Waals surface area contributed by atoms with Crippen molar-refractivity contribution in [2.75, 3.05) is 17.3 Å². The van der Waals surface area contributed by atoms with Gasteiger partial charge < -0.3 is 5.32 Å². The Bertz CT molecular complexity index is 333. The number of carbonyl (C=O) groups excluding carboxylic acids is 1. The van der Waals surface area contributed by atoms with Gasteiger partial charge in [0.1, 0.15) is 0 Å². The van der Waals surface area contributed by atoms with Crippen LogP contribution < -0.4 is 5.32 Å². The molecule has 0 unspecified atom stereocenters. The number of hydrogen-bond donors (Lipinski definition) is 1. The van der Waals surface area contributed by atoms with Crippen molar-refractivity contribution in [3.63, 3.8) is 0 Å². The van der Waals surface area contributed by atoms with Gasteiger partial charge in [0, 0.05) is 11.3 Å². The van der Waals surface area contributed by atoms with E-state index in [1.54, 1.807) is 0 Å². The van der Waals surface area contributed by atoms with Gasteiger partial charge in [0.25, 0.3) is 0 Å². The molecule has 1 aromatic rings. The molecule has 0 spiro atoms. The summed E-state index contributed by atoms with van der Waals surface area (Å²) in [6.07, 6.45) is 4.42. The van der Waals surface area contributed by atoms with E-state index in [1.807, 2.05) is 11.6 Å². The number of amides is 1. The predicted octanol–water partition coefficient (Wildman–Crippen LogP) is 2.32. The van der Waals surface area contributed by atoms with Crippen LogP contribution in [0.15, 0.2) is 5.38 Å². The standard InChI is InChI=1S/C9H12N2OS2/c1-13-5-8(12)11-9-10-7(4-14-9)6-2-3-6/h4,6H,2-3,5H2,1H3,(H,10,11,12). The molecule has 5 heteroatoms. The average Bonchev–Trinajstić information content (AvgIpc) is 2.89. The average molecular weight is 228 g/mol. The molecule has 1 aliphatic rings. The fraction of sp³-hybridized carbons (Fsp3) is 0.556. The largest absolute Gasteiger partial charge is 0.301 e. The number of aromatic nitrogens is 1. The van der Waals surface area contributed by atoms with Gasteiger partial charge in [-0.05, 0) is 19.1 Å². The van der Waals surface area contributed by atoms with Crippen LogP contribution in [0.1, 0.15) is 24.5 Å². The van der Waals surface area contributed by atoms with Gasteiger partial charge in [0.05, 0.1) is 11.4 Å². The first-order chi connectivity index (χ1) is 6.79. The van der Waals surface area contributed by atoms with E-state index in [2.05, 4.69) is 10.3 Å². The van der Waals surface area contributed by atoms with Gasteiger partial charge in [0.15, 0.2) is 5.13 Å². The van der Waals surface area contributed by atoms with Crippen LogP contribution >= 0.6 is 23.1 Å². The molecule has 14 heavy (non-hydrogen) atoms.